The molecule has 0 bridgehead atoms. The van der Waals surface area contributed by atoms with Gasteiger partial charge >= 0.3 is 5.97 Å². The Kier molecular flexibility index (Phi) is 7.82. The summed E-state index contributed by atoms with van der Waals surface area (Å²) in [5.41, 5.74) is 3.46. The lowest BCUT2D eigenvalue weighted by Crippen LogP contribution is -2.26. The van der Waals surface area contributed by atoms with Gasteiger partial charge in [0, 0.05) is 25.6 Å². The van der Waals surface area contributed by atoms with Crippen LogP contribution in [0, 0.1) is 0 Å². The van der Waals surface area contributed by atoms with Crippen molar-refractivity contribution in [1.29, 1.82) is 0 Å². The van der Waals surface area contributed by atoms with Gasteiger partial charge in [0.25, 0.3) is 0 Å². The van der Waals surface area contributed by atoms with E-state index in [0.717, 1.165) is 16.7 Å². The largest absolute Gasteiger partial charge is 0.489 e. The highest BCUT2D eigenvalue weighted by Gasteiger charge is 2.12. The van der Waals surface area contributed by atoms with Crippen molar-refractivity contribution in [2.75, 3.05) is 14.2 Å². The van der Waals surface area contributed by atoms with Crippen LogP contribution in [0.4, 0.5) is 0 Å². The Labute approximate surface area is 183 Å². The van der Waals surface area contributed by atoms with E-state index in [2.05, 4.69) is 0 Å². The highest BCUT2D eigenvalue weighted by Crippen LogP contribution is 2.18. The smallest absolute Gasteiger partial charge is 0.338 e. The van der Waals surface area contributed by atoms with Gasteiger partial charge < -0.3 is 14.4 Å². The number of nitrogens with zero attached hydrogens (tertiary/aromatic N) is 1. The molecule has 31 heavy (non-hydrogen) atoms. The van der Waals surface area contributed by atoms with Crippen molar-refractivity contribution in [3.63, 3.8) is 0 Å². The zero-order valence-electron chi connectivity index (χ0n) is 17.9. The van der Waals surface area contributed by atoms with Gasteiger partial charge in [0.1, 0.15) is 12.4 Å². The fourth-order valence-corrected chi connectivity index (χ4v) is 3.26. The average molecular weight is 418 g/mol. The molecule has 0 aliphatic heterocycles. The summed E-state index contributed by atoms with van der Waals surface area (Å²) >= 11 is 0. The zero-order chi connectivity index (χ0) is 22.1. The summed E-state index contributed by atoms with van der Waals surface area (Å²) < 4.78 is 10.6. The molecule has 1 amide bonds. The first kappa shape index (κ1) is 22.1. The molecule has 0 aromatic heterocycles. The summed E-state index contributed by atoms with van der Waals surface area (Å²) in [7, 11) is 3.20. The molecule has 160 valence electrons. The SMILES string of the molecule is COC(=O)c1ccccc1COc1ccc(CCC(=O)N(C)Cc2ccccc2)cc1. The van der Waals surface area contributed by atoms with Crippen molar-refractivity contribution in [3.8, 4) is 5.75 Å². The monoisotopic (exact) mass is 417 g/mol. The van der Waals surface area contributed by atoms with Crippen LogP contribution in [0.2, 0.25) is 0 Å². The highest BCUT2D eigenvalue weighted by molar-refractivity contribution is 5.90. The standard InChI is InChI=1S/C26H27NO4/c1-27(18-21-8-4-3-5-9-21)25(28)17-14-20-12-15-23(16-13-20)31-19-22-10-6-7-11-24(22)26(29)30-2/h3-13,15-16H,14,17-19H2,1-2H3. The van der Waals surface area contributed by atoms with Crippen LogP contribution in [-0.2, 0) is 29.1 Å². The minimum atomic E-state index is -0.378. The van der Waals surface area contributed by atoms with Crippen molar-refractivity contribution in [1.82, 2.24) is 4.90 Å². The van der Waals surface area contributed by atoms with Crippen LogP contribution in [0.3, 0.4) is 0 Å². The summed E-state index contributed by atoms with van der Waals surface area (Å²) in [6, 6.07) is 24.9. The van der Waals surface area contributed by atoms with Gasteiger partial charge in [-0.1, -0.05) is 60.7 Å². The van der Waals surface area contributed by atoms with E-state index < -0.39 is 0 Å². The van der Waals surface area contributed by atoms with Gasteiger partial charge in [0.2, 0.25) is 5.91 Å². The van der Waals surface area contributed by atoms with Gasteiger partial charge in [-0.25, -0.2) is 4.79 Å². The van der Waals surface area contributed by atoms with Crippen LogP contribution in [-0.4, -0.2) is 30.9 Å². The third kappa shape index (κ3) is 6.44. The van der Waals surface area contributed by atoms with Crippen LogP contribution >= 0.6 is 0 Å². The van der Waals surface area contributed by atoms with Crippen molar-refractivity contribution in [3.05, 3.63) is 101 Å². The number of aryl methyl sites for hydroxylation is 1. The van der Waals surface area contributed by atoms with E-state index in [9.17, 15) is 9.59 Å². The highest BCUT2D eigenvalue weighted by atomic mass is 16.5. The maximum Gasteiger partial charge on any atom is 0.338 e. The summed E-state index contributed by atoms with van der Waals surface area (Å²) in [4.78, 5) is 26.0. The molecule has 0 N–H and O–H groups in total. The minimum Gasteiger partial charge on any atom is -0.489 e. The third-order valence-electron chi connectivity index (χ3n) is 5.06. The Morgan fingerprint density at radius 3 is 2.23 bits per heavy atom. The zero-order valence-corrected chi connectivity index (χ0v) is 17.9. The van der Waals surface area contributed by atoms with Gasteiger partial charge in [-0.05, 0) is 35.7 Å². The average Bonchev–Trinajstić information content (AvgIpc) is 2.82. The van der Waals surface area contributed by atoms with E-state index in [0.29, 0.717) is 30.7 Å². The lowest BCUT2D eigenvalue weighted by molar-refractivity contribution is -0.130. The maximum atomic E-state index is 12.4. The number of ether oxygens (including phenoxy) is 2. The summed E-state index contributed by atoms with van der Waals surface area (Å²) in [5, 5.41) is 0. The van der Waals surface area contributed by atoms with Crippen molar-refractivity contribution >= 4 is 11.9 Å². The molecule has 3 aromatic rings. The Morgan fingerprint density at radius 2 is 1.52 bits per heavy atom. The summed E-state index contributed by atoms with van der Waals surface area (Å²) in [5.74, 6) is 0.441. The van der Waals surface area contributed by atoms with E-state index in [1.807, 2.05) is 73.8 Å². The summed E-state index contributed by atoms with van der Waals surface area (Å²) in [6.45, 7) is 0.882. The second-order valence-corrected chi connectivity index (χ2v) is 7.32. The van der Waals surface area contributed by atoms with E-state index in [1.165, 1.54) is 7.11 Å². The molecule has 5 heteroatoms. The van der Waals surface area contributed by atoms with Gasteiger partial charge in [0.05, 0.1) is 12.7 Å². The second-order valence-electron chi connectivity index (χ2n) is 7.32. The molecule has 0 saturated heterocycles. The number of esters is 1. The van der Waals surface area contributed by atoms with E-state index in [4.69, 9.17) is 9.47 Å². The Bertz CT molecular complexity index is 999. The first-order valence-electron chi connectivity index (χ1n) is 10.2. The molecule has 0 fully saturated rings. The molecule has 0 radical (unpaired) electrons. The van der Waals surface area contributed by atoms with Crippen LogP contribution in [0.15, 0.2) is 78.9 Å². The van der Waals surface area contributed by atoms with Crippen LogP contribution in [0.25, 0.3) is 0 Å². The number of carbonyl (C=O) groups excluding carboxylic acids is 2. The van der Waals surface area contributed by atoms with Crippen molar-refractivity contribution in [2.45, 2.75) is 26.0 Å². The van der Waals surface area contributed by atoms with Gasteiger partial charge in [-0.15, -0.1) is 0 Å². The number of benzene rings is 3. The Balaban J connectivity index is 1.49. The summed E-state index contributed by atoms with van der Waals surface area (Å²) in [6.07, 6.45) is 1.12. The van der Waals surface area contributed by atoms with Crippen molar-refractivity contribution < 1.29 is 19.1 Å². The molecule has 0 aliphatic carbocycles. The van der Waals surface area contributed by atoms with Crippen LogP contribution < -0.4 is 4.74 Å². The van der Waals surface area contributed by atoms with Crippen LogP contribution in [0.1, 0.15) is 33.5 Å². The number of hydrogen-bond donors (Lipinski definition) is 0. The molecular weight excluding hydrogens is 390 g/mol. The maximum absolute atomic E-state index is 12.4. The molecular formula is C26H27NO4. The van der Waals surface area contributed by atoms with E-state index in [-0.39, 0.29) is 18.5 Å². The molecule has 5 nitrogen and oxygen atoms in total. The third-order valence-corrected chi connectivity index (χ3v) is 5.06. The molecule has 0 saturated carbocycles. The molecule has 0 aliphatic rings. The fourth-order valence-electron chi connectivity index (χ4n) is 3.26. The Hall–Kier alpha value is -3.60. The number of amides is 1. The van der Waals surface area contributed by atoms with Crippen molar-refractivity contribution in [2.24, 2.45) is 0 Å². The second kappa shape index (κ2) is 11.0. The van der Waals surface area contributed by atoms with Crippen LogP contribution in [0.5, 0.6) is 5.75 Å². The van der Waals surface area contributed by atoms with E-state index >= 15 is 0 Å². The molecule has 3 rings (SSSR count). The van der Waals surface area contributed by atoms with Gasteiger partial charge in [-0.3, -0.25) is 4.79 Å². The Morgan fingerprint density at radius 1 is 0.839 bits per heavy atom. The predicted molar refractivity (Wildman–Crippen MR) is 120 cm³/mol. The predicted octanol–water partition coefficient (Wildman–Crippen LogP) is 4.64. The van der Waals surface area contributed by atoms with E-state index in [1.54, 1.807) is 17.0 Å². The number of hydrogen-bond acceptors (Lipinski definition) is 4. The molecule has 0 atom stereocenters. The first-order chi connectivity index (χ1) is 15.1. The number of methoxy groups -OCH3 is 1. The molecule has 0 unspecified atom stereocenters. The lowest BCUT2D eigenvalue weighted by Gasteiger charge is -2.17. The number of carbonyl (C=O) groups is 2. The molecule has 0 spiro atoms. The normalized spacial score (nSPS) is 10.4. The molecule has 0 heterocycles. The lowest BCUT2D eigenvalue weighted by atomic mass is 10.1. The van der Waals surface area contributed by atoms with Gasteiger partial charge in [0.15, 0.2) is 0 Å². The topological polar surface area (TPSA) is 55.8 Å². The molecule has 3 aromatic carbocycles. The minimum absolute atomic E-state index is 0.114. The quantitative estimate of drug-likeness (QED) is 0.476. The number of rotatable bonds is 9. The fraction of sp³-hybridized carbons (Fsp3) is 0.231. The van der Waals surface area contributed by atoms with Gasteiger partial charge in [-0.2, -0.15) is 0 Å². The first-order valence-corrected chi connectivity index (χ1v) is 10.2.